The van der Waals surface area contributed by atoms with E-state index in [1.54, 1.807) is 30.3 Å². The molecule has 1 aromatic rings. The Morgan fingerprint density at radius 3 is 3.00 bits per heavy atom. The van der Waals surface area contributed by atoms with Crippen LogP contribution in [0.15, 0.2) is 36.9 Å². The van der Waals surface area contributed by atoms with Crippen LogP contribution in [-0.2, 0) is 4.74 Å². The molecule has 4 heteroatoms. The molecule has 0 saturated carbocycles. The van der Waals surface area contributed by atoms with Crippen LogP contribution in [-0.4, -0.2) is 25.7 Å². The molecule has 4 nitrogen and oxygen atoms in total. The average molecular weight is 234 g/mol. The number of hydrogen-bond donors (Lipinski definition) is 2. The summed E-state index contributed by atoms with van der Waals surface area (Å²) in [5, 5.41) is 2.76. The zero-order valence-electron chi connectivity index (χ0n) is 9.82. The Morgan fingerprint density at radius 1 is 1.47 bits per heavy atom. The molecule has 0 aliphatic carbocycles. The second-order valence-electron chi connectivity index (χ2n) is 3.57. The summed E-state index contributed by atoms with van der Waals surface area (Å²) in [6.07, 6.45) is 2.62. The Labute approximate surface area is 101 Å². The second kappa shape index (κ2) is 7.46. The van der Waals surface area contributed by atoms with E-state index in [1.807, 2.05) is 0 Å². The largest absolute Gasteiger partial charge is 0.399 e. The van der Waals surface area contributed by atoms with Crippen molar-refractivity contribution in [2.45, 2.75) is 6.42 Å². The number of anilines is 1. The number of rotatable bonds is 7. The fourth-order valence-electron chi connectivity index (χ4n) is 1.29. The first-order chi connectivity index (χ1) is 8.24. The van der Waals surface area contributed by atoms with Crippen molar-refractivity contribution < 1.29 is 9.53 Å². The average Bonchev–Trinajstić information content (AvgIpc) is 2.33. The van der Waals surface area contributed by atoms with Gasteiger partial charge in [-0.3, -0.25) is 4.79 Å². The van der Waals surface area contributed by atoms with Gasteiger partial charge in [-0.2, -0.15) is 0 Å². The SMILES string of the molecule is C=CCCOCCNC(=O)c1cccc(N)c1. The summed E-state index contributed by atoms with van der Waals surface area (Å²) >= 11 is 0. The van der Waals surface area contributed by atoms with Crippen LogP contribution < -0.4 is 11.1 Å². The van der Waals surface area contributed by atoms with Crippen LogP contribution in [0.5, 0.6) is 0 Å². The topological polar surface area (TPSA) is 64.3 Å². The van der Waals surface area contributed by atoms with E-state index < -0.39 is 0 Å². The zero-order chi connectivity index (χ0) is 12.5. The van der Waals surface area contributed by atoms with Crippen LogP contribution in [0.4, 0.5) is 5.69 Å². The van der Waals surface area contributed by atoms with E-state index in [2.05, 4.69) is 11.9 Å². The minimum absolute atomic E-state index is 0.135. The van der Waals surface area contributed by atoms with Gasteiger partial charge in [-0.25, -0.2) is 0 Å². The van der Waals surface area contributed by atoms with E-state index in [0.717, 1.165) is 6.42 Å². The number of benzene rings is 1. The summed E-state index contributed by atoms with van der Waals surface area (Å²) in [6, 6.07) is 6.87. The van der Waals surface area contributed by atoms with Crippen molar-refractivity contribution in [1.82, 2.24) is 5.32 Å². The van der Waals surface area contributed by atoms with Crippen LogP contribution in [0, 0.1) is 0 Å². The monoisotopic (exact) mass is 234 g/mol. The van der Waals surface area contributed by atoms with Gasteiger partial charge in [0, 0.05) is 17.8 Å². The molecule has 0 saturated heterocycles. The standard InChI is InChI=1S/C13H18N2O2/c1-2-3-8-17-9-7-15-13(16)11-5-4-6-12(14)10-11/h2,4-6,10H,1,3,7-9,14H2,(H,15,16). The molecule has 0 unspecified atom stereocenters. The Morgan fingerprint density at radius 2 is 2.29 bits per heavy atom. The van der Waals surface area contributed by atoms with Gasteiger partial charge in [-0.05, 0) is 24.6 Å². The number of hydrogen-bond acceptors (Lipinski definition) is 3. The van der Waals surface area contributed by atoms with Crippen LogP contribution in [0.25, 0.3) is 0 Å². The highest BCUT2D eigenvalue weighted by molar-refractivity contribution is 5.94. The minimum Gasteiger partial charge on any atom is -0.399 e. The van der Waals surface area contributed by atoms with Crippen LogP contribution in [0.2, 0.25) is 0 Å². The molecule has 0 spiro atoms. The molecule has 0 heterocycles. The van der Waals surface area contributed by atoms with Gasteiger partial charge in [0.1, 0.15) is 0 Å². The lowest BCUT2D eigenvalue weighted by Crippen LogP contribution is -2.27. The number of ether oxygens (including phenoxy) is 1. The van der Waals surface area contributed by atoms with E-state index in [4.69, 9.17) is 10.5 Å². The highest BCUT2D eigenvalue weighted by Gasteiger charge is 2.03. The number of nitrogens with two attached hydrogens (primary N) is 1. The summed E-state index contributed by atoms with van der Waals surface area (Å²) in [4.78, 5) is 11.6. The fraction of sp³-hybridized carbons (Fsp3) is 0.308. The number of carbonyl (C=O) groups excluding carboxylic acids is 1. The molecule has 0 radical (unpaired) electrons. The molecule has 1 rings (SSSR count). The molecular weight excluding hydrogens is 216 g/mol. The quantitative estimate of drug-likeness (QED) is 0.428. The van der Waals surface area contributed by atoms with Crippen molar-refractivity contribution in [2.75, 3.05) is 25.5 Å². The summed E-state index contributed by atoms with van der Waals surface area (Å²) in [6.45, 7) is 5.22. The highest BCUT2D eigenvalue weighted by Crippen LogP contribution is 2.05. The number of amides is 1. The predicted molar refractivity (Wildman–Crippen MR) is 68.8 cm³/mol. The Hall–Kier alpha value is -1.81. The summed E-state index contributed by atoms with van der Waals surface area (Å²) in [5.74, 6) is -0.135. The maximum absolute atomic E-state index is 11.6. The van der Waals surface area contributed by atoms with Crippen molar-refractivity contribution in [3.8, 4) is 0 Å². The van der Waals surface area contributed by atoms with Gasteiger partial charge >= 0.3 is 0 Å². The third kappa shape index (κ3) is 5.17. The van der Waals surface area contributed by atoms with Crippen LogP contribution in [0.1, 0.15) is 16.8 Å². The molecule has 92 valence electrons. The summed E-state index contributed by atoms with van der Waals surface area (Å²) in [7, 11) is 0. The van der Waals surface area contributed by atoms with Gasteiger partial charge in [0.25, 0.3) is 5.91 Å². The first-order valence-electron chi connectivity index (χ1n) is 5.56. The van der Waals surface area contributed by atoms with Crippen molar-refractivity contribution in [3.63, 3.8) is 0 Å². The molecule has 0 atom stereocenters. The molecule has 0 fully saturated rings. The second-order valence-corrected chi connectivity index (χ2v) is 3.57. The molecule has 0 aliphatic heterocycles. The minimum atomic E-state index is -0.135. The molecule has 3 N–H and O–H groups in total. The maximum atomic E-state index is 11.6. The van der Waals surface area contributed by atoms with E-state index in [9.17, 15) is 4.79 Å². The normalized spacial score (nSPS) is 9.88. The first-order valence-corrected chi connectivity index (χ1v) is 5.56. The third-order valence-corrected chi connectivity index (χ3v) is 2.15. The van der Waals surface area contributed by atoms with E-state index in [-0.39, 0.29) is 5.91 Å². The maximum Gasteiger partial charge on any atom is 0.251 e. The van der Waals surface area contributed by atoms with Crippen LogP contribution >= 0.6 is 0 Å². The number of carbonyl (C=O) groups is 1. The van der Waals surface area contributed by atoms with Gasteiger partial charge in [-0.1, -0.05) is 12.1 Å². The molecule has 17 heavy (non-hydrogen) atoms. The van der Waals surface area contributed by atoms with E-state index in [0.29, 0.717) is 31.0 Å². The van der Waals surface area contributed by atoms with Crippen molar-refractivity contribution in [1.29, 1.82) is 0 Å². The Kier molecular flexibility index (Phi) is 5.82. The van der Waals surface area contributed by atoms with Gasteiger partial charge in [-0.15, -0.1) is 6.58 Å². The van der Waals surface area contributed by atoms with Crippen LogP contribution in [0.3, 0.4) is 0 Å². The zero-order valence-corrected chi connectivity index (χ0v) is 9.82. The molecule has 1 amide bonds. The smallest absolute Gasteiger partial charge is 0.251 e. The third-order valence-electron chi connectivity index (χ3n) is 2.15. The van der Waals surface area contributed by atoms with Crippen molar-refractivity contribution in [3.05, 3.63) is 42.5 Å². The number of nitrogens with one attached hydrogen (secondary N) is 1. The van der Waals surface area contributed by atoms with Gasteiger partial charge in [0.15, 0.2) is 0 Å². The summed E-state index contributed by atoms with van der Waals surface area (Å²) in [5.41, 5.74) is 6.74. The highest BCUT2D eigenvalue weighted by atomic mass is 16.5. The van der Waals surface area contributed by atoms with E-state index in [1.165, 1.54) is 0 Å². The van der Waals surface area contributed by atoms with Crippen molar-refractivity contribution >= 4 is 11.6 Å². The predicted octanol–water partition coefficient (Wildman–Crippen LogP) is 1.59. The fourth-order valence-corrected chi connectivity index (χ4v) is 1.29. The lowest BCUT2D eigenvalue weighted by atomic mass is 10.2. The molecule has 0 aliphatic rings. The van der Waals surface area contributed by atoms with E-state index >= 15 is 0 Å². The van der Waals surface area contributed by atoms with Gasteiger partial charge in [0.05, 0.1) is 13.2 Å². The molecular formula is C13H18N2O2. The molecule has 0 aromatic heterocycles. The Balaban J connectivity index is 2.23. The molecule has 1 aromatic carbocycles. The first kappa shape index (κ1) is 13.3. The summed E-state index contributed by atoms with van der Waals surface area (Å²) < 4.78 is 5.27. The van der Waals surface area contributed by atoms with Crippen molar-refractivity contribution in [2.24, 2.45) is 0 Å². The lowest BCUT2D eigenvalue weighted by molar-refractivity contribution is 0.0918. The number of nitrogen functional groups attached to an aromatic ring is 1. The Bertz CT molecular complexity index is 377. The lowest BCUT2D eigenvalue weighted by Gasteiger charge is -2.06. The van der Waals surface area contributed by atoms with Gasteiger partial charge < -0.3 is 15.8 Å². The van der Waals surface area contributed by atoms with Gasteiger partial charge in [0.2, 0.25) is 0 Å². The molecule has 0 bridgehead atoms.